The summed E-state index contributed by atoms with van der Waals surface area (Å²) in [6.45, 7) is 24.7. The summed E-state index contributed by atoms with van der Waals surface area (Å²) in [6.07, 6.45) is 7.69. The van der Waals surface area contributed by atoms with Crippen molar-refractivity contribution in [3.05, 3.63) is 212 Å². The second-order valence-corrected chi connectivity index (χ2v) is 27.6. The average Bonchev–Trinajstić information content (AvgIpc) is 0.825. The predicted molar refractivity (Wildman–Crippen MR) is 463 cm³/mol. The lowest BCUT2D eigenvalue weighted by Gasteiger charge is -2.35. The van der Waals surface area contributed by atoms with Gasteiger partial charge in [-0.05, 0) is 226 Å². The van der Waals surface area contributed by atoms with E-state index in [9.17, 15) is 60.3 Å². The Balaban J connectivity index is 1.58. The third kappa shape index (κ3) is 27.7. The van der Waals surface area contributed by atoms with Crippen molar-refractivity contribution < 1.29 is 61.9 Å². The quantitative estimate of drug-likeness (QED) is 0.0148. The minimum Gasteiger partial charge on any atom is -0.461 e. The monoisotopic (exact) mass is 1610 g/mol. The van der Waals surface area contributed by atoms with E-state index in [1.54, 1.807) is 72.8 Å². The molecule has 0 aromatic heterocycles. The first-order chi connectivity index (χ1) is 57.5. The molecule has 0 bridgehead atoms. The molecule has 0 N–H and O–H groups in total. The van der Waals surface area contributed by atoms with E-state index >= 15 is 0 Å². The maximum absolute atomic E-state index is 14.6. The van der Waals surface area contributed by atoms with E-state index in [1.165, 1.54) is 36.5 Å². The molecule has 0 unspecified atom stereocenters. The molecule has 0 amide bonds. The summed E-state index contributed by atoms with van der Waals surface area (Å²) in [5, 5.41) is 64.0. The van der Waals surface area contributed by atoms with E-state index in [1.807, 2.05) is 192 Å². The van der Waals surface area contributed by atoms with Crippen LogP contribution in [0.5, 0.6) is 0 Å². The van der Waals surface area contributed by atoms with Crippen LogP contribution in [-0.4, -0.2) is 167 Å². The molecule has 0 aliphatic rings. The maximum atomic E-state index is 14.6. The number of nitrogens with zero attached hydrogens (tertiary/aromatic N) is 12. The van der Waals surface area contributed by atoms with E-state index in [-0.39, 0.29) is 0 Å². The lowest BCUT2D eigenvalue weighted by atomic mass is 9.90. The summed E-state index contributed by atoms with van der Waals surface area (Å²) in [6, 6.07) is 53.5. The van der Waals surface area contributed by atoms with Crippen molar-refractivity contribution in [3.8, 4) is 36.4 Å². The second kappa shape index (κ2) is 48.6. The molecule has 0 saturated carbocycles. The van der Waals surface area contributed by atoms with Crippen LogP contribution >= 0.6 is 0 Å². The lowest BCUT2D eigenvalue weighted by Crippen LogP contribution is -2.47. The fraction of sp³-hybridized carbons (Fsp3) is 0.362. The summed E-state index contributed by atoms with van der Waals surface area (Å²) in [7, 11) is 0. The second-order valence-electron chi connectivity index (χ2n) is 27.6. The van der Waals surface area contributed by atoms with Crippen molar-refractivity contribution in [2.45, 2.75) is 83.1 Å². The van der Waals surface area contributed by atoms with Crippen molar-refractivity contribution in [1.82, 2.24) is 0 Å². The highest BCUT2D eigenvalue weighted by Gasteiger charge is 2.42. The normalized spacial score (nSPS) is 11.8. The van der Waals surface area contributed by atoms with Crippen LogP contribution in [0.1, 0.15) is 116 Å². The van der Waals surface area contributed by atoms with Gasteiger partial charge in [-0.25, -0.2) is 28.8 Å². The van der Waals surface area contributed by atoms with Crippen molar-refractivity contribution >= 4 is 106 Å². The Hall–Kier alpha value is -13.7. The zero-order chi connectivity index (χ0) is 86.9. The molecule has 0 spiro atoms. The Morgan fingerprint density at radius 2 is 0.361 bits per heavy atom. The zero-order valence-electron chi connectivity index (χ0n) is 70.1. The van der Waals surface area contributed by atoms with Gasteiger partial charge in [-0.3, -0.25) is 0 Å². The highest BCUT2D eigenvalue weighted by Crippen LogP contribution is 2.31. The average molecular weight is 1610 g/mol. The molecule has 620 valence electrons. The van der Waals surface area contributed by atoms with Gasteiger partial charge in [0, 0.05) is 113 Å². The molecule has 6 aromatic rings. The van der Waals surface area contributed by atoms with E-state index in [4.69, 9.17) is 33.2 Å². The topological polar surface area (TPSA) is 329 Å². The number of hydrogen-bond acceptors (Lipinski definition) is 25. The number of esters is 6. The van der Waals surface area contributed by atoms with Crippen molar-refractivity contribution in [2.75, 3.05) is 161 Å². The molecule has 25 heteroatoms. The Morgan fingerprint density at radius 1 is 0.235 bits per heavy atom. The number of benzene rings is 6. The number of anilines is 6. The van der Waals surface area contributed by atoms with Gasteiger partial charge in [0.25, 0.3) is 0 Å². The number of carbonyl (C=O) groups excluding carboxylic acids is 6. The summed E-state index contributed by atoms with van der Waals surface area (Å²) in [4.78, 5) is 100. The van der Waals surface area contributed by atoms with Crippen LogP contribution in [-0.2, 0) is 61.9 Å². The fourth-order valence-electron chi connectivity index (χ4n) is 12.8. The zero-order valence-corrected chi connectivity index (χ0v) is 70.1. The molecule has 0 saturated heterocycles. The number of carbonyl (C=O) groups is 6. The predicted octanol–water partition coefficient (Wildman–Crippen LogP) is 15.0. The van der Waals surface area contributed by atoms with Crippen LogP contribution in [0.15, 0.2) is 179 Å². The van der Waals surface area contributed by atoms with Crippen molar-refractivity contribution in [3.63, 3.8) is 0 Å². The Labute approximate surface area is 699 Å². The maximum Gasteiger partial charge on any atom is 0.348 e. The SMILES string of the molecule is CCN(CC)c1ccc(/C=C(\C#N)C(=O)OCC(COCC(COC(=O)/C(C#N)=C/c2ccc(N(CC)CC)cc2)(COC(=O)/C(C#N)=C/c2ccc(N(CC)CC)cc2)COC(=O)/C(C#N)=C/c2ccc(N(CC)CC)cc2)(COC(=O)/C(C#N)=C/c2ccc(N(CC)CC)cc2)COC(=O)/C(C#N)=C/c2ccc(N(CC)CC)cc2)cc1. The van der Waals surface area contributed by atoms with Gasteiger partial charge in [-0.15, -0.1) is 0 Å². The van der Waals surface area contributed by atoms with Gasteiger partial charge in [-0.1, -0.05) is 72.8 Å². The largest absolute Gasteiger partial charge is 0.461 e. The third-order valence-electron chi connectivity index (χ3n) is 19.9. The number of ether oxygens (including phenoxy) is 7. The summed E-state index contributed by atoms with van der Waals surface area (Å²) < 4.78 is 42.9. The molecule has 0 atom stereocenters. The molecule has 119 heavy (non-hydrogen) atoms. The van der Waals surface area contributed by atoms with Crippen LogP contribution in [0.2, 0.25) is 0 Å². The summed E-state index contributed by atoms with van der Waals surface area (Å²) >= 11 is 0. The lowest BCUT2D eigenvalue weighted by molar-refractivity contribution is -0.170. The molecular formula is C94H106N12O13. The van der Waals surface area contributed by atoms with Gasteiger partial charge in [0.15, 0.2) is 0 Å². The van der Waals surface area contributed by atoms with E-state index < -0.39 is 133 Å². The molecular weight excluding hydrogens is 1510 g/mol. The Morgan fingerprint density at radius 3 is 0.471 bits per heavy atom. The van der Waals surface area contributed by atoms with Gasteiger partial charge >= 0.3 is 35.8 Å². The molecule has 0 heterocycles. The first-order valence-electron chi connectivity index (χ1n) is 39.9. The summed E-state index contributed by atoms with van der Waals surface area (Å²) in [5.41, 5.74) is 0.223. The van der Waals surface area contributed by atoms with Gasteiger partial charge in [0.2, 0.25) is 0 Å². The van der Waals surface area contributed by atoms with E-state index in [2.05, 4.69) is 29.4 Å². The van der Waals surface area contributed by atoms with Gasteiger partial charge in [0.05, 0.1) is 24.0 Å². The minimum absolute atomic E-state index is 0.424. The molecule has 0 aliphatic heterocycles. The van der Waals surface area contributed by atoms with Crippen molar-refractivity contribution in [2.24, 2.45) is 10.8 Å². The fourth-order valence-corrected chi connectivity index (χ4v) is 12.8. The molecule has 25 nitrogen and oxygen atoms in total. The van der Waals surface area contributed by atoms with E-state index in [0.717, 1.165) is 34.1 Å². The van der Waals surface area contributed by atoms with Crippen LogP contribution < -0.4 is 29.4 Å². The standard InChI is InChI=1S/C94H106N12O13/c1-13-101(14-2)81-37-25-69(26-38-81)49-75(55-95)87(107)114-63-93(64-115-88(108)76(56-96)50-70-27-39-82(40-28-70)102(15-3)16-4,65-116-89(109)77(57-97)51-71-29-41-83(42-30-71)103(17-5)18-6)61-113-62-94(66-117-90(110)78(58-98)52-72-31-43-84(44-32-72)104(19-7)20-8,67-118-91(111)79(59-99)53-73-33-45-85(46-34-73)105(21-9)22-10)68-119-92(112)80(60-100)54-74-35-47-86(48-36-74)106(23-11)24-12/h25-54H,13-24,61-68H2,1-12H3/b75-49+,76-50+,77-51+,78-52+,79-53+,80-54+. The van der Waals surface area contributed by atoms with Gasteiger partial charge in [-0.2, -0.15) is 31.6 Å². The first-order valence-corrected chi connectivity index (χ1v) is 39.9. The molecule has 0 radical (unpaired) electrons. The van der Waals surface area contributed by atoms with Gasteiger partial charge < -0.3 is 62.6 Å². The van der Waals surface area contributed by atoms with Gasteiger partial charge in [0.1, 0.15) is 109 Å². The number of hydrogen-bond donors (Lipinski definition) is 0. The molecule has 0 fully saturated rings. The smallest absolute Gasteiger partial charge is 0.348 e. The Kier molecular flexibility index (Phi) is 38.4. The number of nitriles is 6. The van der Waals surface area contributed by atoms with Crippen LogP contribution in [0.3, 0.4) is 0 Å². The summed E-state index contributed by atoms with van der Waals surface area (Å²) in [5.74, 6) is -7.40. The Bertz CT molecular complexity index is 4070. The molecule has 6 rings (SSSR count). The van der Waals surface area contributed by atoms with Crippen LogP contribution in [0.25, 0.3) is 36.5 Å². The van der Waals surface area contributed by atoms with Crippen molar-refractivity contribution in [1.29, 1.82) is 31.6 Å². The third-order valence-corrected chi connectivity index (χ3v) is 19.9. The minimum atomic E-state index is -2.20. The van der Waals surface area contributed by atoms with Crippen LogP contribution in [0, 0.1) is 78.8 Å². The van der Waals surface area contributed by atoms with E-state index in [0.29, 0.717) is 112 Å². The highest BCUT2D eigenvalue weighted by molar-refractivity contribution is 6.01. The number of rotatable bonds is 46. The highest BCUT2D eigenvalue weighted by atomic mass is 16.6. The first kappa shape index (κ1) is 94.1. The van der Waals surface area contributed by atoms with Crippen LogP contribution in [0.4, 0.5) is 34.1 Å². The molecule has 6 aromatic carbocycles. The molecule has 0 aliphatic carbocycles.